The van der Waals surface area contributed by atoms with Gasteiger partial charge in [-0.25, -0.2) is 8.42 Å². The van der Waals surface area contributed by atoms with Crippen LogP contribution in [-0.4, -0.2) is 17.5 Å². The summed E-state index contributed by atoms with van der Waals surface area (Å²) in [6.45, 7) is 0. The van der Waals surface area contributed by atoms with Crippen molar-refractivity contribution < 1.29 is 37.0 Å². The second-order valence-electron chi connectivity index (χ2n) is 0.434. The Balaban J connectivity index is 0. The van der Waals surface area contributed by atoms with Gasteiger partial charge in [-0.2, -0.15) is 0 Å². The fourth-order valence-corrected chi connectivity index (χ4v) is 0. The third-order valence-corrected chi connectivity index (χ3v) is 1.10. The van der Waals surface area contributed by atoms with Gasteiger partial charge in [0.15, 0.2) is 0 Å². The molecule has 2 atom stereocenters. The van der Waals surface area contributed by atoms with E-state index in [0.29, 0.717) is 0 Å². The normalized spacial score (nSPS) is 16.9. The summed E-state index contributed by atoms with van der Waals surface area (Å²) in [6, 6.07) is 0. The fourth-order valence-electron chi connectivity index (χ4n) is 0. The minimum atomic E-state index is -2.59. The zero-order chi connectivity index (χ0) is 5.15. The van der Waals surface area contributed by atoms with E-state index >= 15 is 0 Å². The first-order chi connectivity index (χ1) is 2.64. The third-order valence-electron chi connectivity index (χ3n) is 0.122. The summed E-state index contributed by atoms with van der Waals surface area (Å²) in [7, 11) is -5.18. The van der Waals surface area contributed by atoms with E-state index in [-0.39, 0.29) is 19.5 Å². The quantitative estimate of drug-likeness (QED) is 0.331. The monoisotopic (exact) mass is 194 g/mol. The molecule has 0 bridgehead atoms. The number of hydrogen-bond donors (Lipinski definition) is 2. The SMILES string of the molecule is O=S(O)S(=O)O.[Zn]. The van der Waals surface area contributed by atoms with E-state index in [4.69, 9.17) is 9.11 Å². The maximum absolute atomic E-state index is 9.26. The molecule has 0 radical (unpaired) electrons. The maximum atomic E-state index is 9.26. The molecule has 0 heterocycles. The van der Waals surface area contributed by atoms with Crippen molar-refractivity contribution >= 4 is 20.2 Å². The van der Waals surface area contributed by atoms with E-state index in [1.807, 2.05) is 0 Å². The van der Waals surface area contributed by atoms with E-state index in [0.717, 1.165) is 0 Å². The van der Waals surface area contributed by atoms with E-state index in [2.05, 4.69) is 0 Å². The van der Waals surface area contributed by atoms with Gasteiger partial charge in [-0.3, -0.25) is 9.11 Å². The van der Waals surface area contributed by atoms with Crippen molar-refractivity contribution in [2.75, 3.05) is 0 Å². The van der Waals surface area contributed by atoms with Crippen molar-refractivity contribution in [2.24, 2.45) is 0 Å². The van der Waals surface area contributed by atoms with Gasteiger partial charge in [0, 0.05) is 19.5 Å². The van der Waals surface area contributed by atoms with Crippen molar-refractivity contribution in [3.63, 3.8) is 0 Å². The van der Waals surface area contributed by atoms with Gasteiger partial charge in [0.25, 0.3) is 20.2 Å². The molecule has 0 spiro atoms. The smallest absolute Gasteiger partial charge is 0.274 e. The second-order valence-corrected chi connectivity index (χ2v) is 3.01. The molecule has 0 aromatic rings. The Hall–Kier alpha value is 0.843. The van der Waals surface area contributed by atoms with Crippen LogP contribution < -0.4 is 0 Å². The summed E-state index contributed by atoms with van der Waals surface area (Å²) in [5.41, 5.74) is 0. The van der Waals surface area contributed by atoms with Gasteiger partial charge >= 0.3 is 0 Å². The van der Waals surface area contributed by atoms with Gasteiger partial charge in [0.05, 0.1) is 0 Å². The summed E-state index contributed by atoms with van der Waals surface area (Å²) in [5, 5.41) is 0. The van der Waals surface area contributed by atoms with Crippen LogP contribution in [0.15, 0.2) is 0 Å². The van der Waals surface area contributed by atoms with Gasteiger partial charge in [-0.1, -0.05) is 0 Å². The van der Waals surface area contributed by atoms with Gasteiger partial charge in [-0.05, 0) is 0 Å². The third kappa shape index (κ3) is 6.84. The number of rotatable bonds is 1. The maximum Gasteiger partial charge on any atom is 0.274 e. The van der Waals surface area contributed by atoms with Crippen LogP contribution in [0.25, 0.3) is 0 Å². The molecule has 0 rings (SSSR count). The Kier molecular flexibility index (Phi) is 7.67. The van der Waals surface area contributed by atoms with Crippen LogP contribution in [0.5, 0.6) is 0 Å². The van der Waals surface area contributed by atoms with Crippen LogP contribution in [0.3, 0.4) is 0 Å². The van der Waals surface area contributed by atoms with Gasteiger partial charge in [0.2, 0.25) is 0 Å². The van der Waals surface area contributed by atoms with Gasteiger partial charge < -0.3 is 0 Å². The van der Waals surface area contributed by atoms with Crippen molar-refractivity contribution in [3.05, 3.63) is 0 Å². The minimum absolute atomic E-state index is 0. The molecule has 0 aliphatic carbocycles. The zero-order valence-electron chi connectivity index (χ0n) is 3.23. The van der Waals surface area contributed by atoms with Crippen molar-refractivity contribution in [2.45, 2.75) is 0 Å². The predicted molar refractivity (Wildman–Crippen MR) is 21.5 cm³/mol. The molecule has 0 saturated carbocycles. The van der Waals surface area contributed by atoms with E-state index in [1.54, 1.807) is 0 Å². The molecule has 2 N–H and O–H groups in total. The molecule has 40 valence electrons. The van der Waals surface area contributed by atoms with Crippen LogP contribution in [0.4, 0.5) is 0 Å². The van der Waals surface area contributed by atoms with Crippen molar-refractivity contribution in [1.29, 1.82) is 0 Å². The summed E-state index contributed by atoms with van der Waals surface area (Å²) >= 11 is 0. The molecule has 0 amide bonds. The van der Waals surface area contributed by atoms with Crippen molar-refractivity contribution in [3.8, 4) is 0 Å². The van der Waals surface area contributed by atoms with Crippen LogP contribution in [-0.2, 0) is 39.7 Å². The summed E-state index contributed by atoms with van der Waals surface area (Å²) in [4.78, 5) is 0. The second kappa shape index (κ2) is 4.99. The topological polar surface area (TPSA) is 74.6 Å². The molecule has 7 heteroatoms. The average Bonchev–Trinajstić information content (AvgIpc) is 1.36. The summed E-state index contributed by atoms with van der Waals surface area (Å²) in [5.74, 6) is 0. The Labute approximate surface area is 57.4 Å². The Morgan fingerprint density at radius 3 is 1.14 bits per heavy atom. The molecule has 0 saturated heterocycles. The molecule has 0 aliphatic rings. The fraction of sp³-hybridized carbons (Fsp3) is 0. The zero-order valence-corrected chi connectivity index (χ0v) is 7.83. The largest absolute Gasteiger partial charge is 0.294 e. The predicted octanol–water partition coefficient (Wildman–Crippen LogP) is -0.658. The molecule has 0 aromatic carbocycles. The van der Waals surface area contributed by atoms with Crippen LogP contribution in [0, 0.1) is 0 Å². The van der Waals surface area contributed by atoms with E-state index in [1.165, 1.54) is 0 Å². The first-order valence-corrected chi connectivity index (χ1v) is 3.60. The molecule has 4 nitrogen and oxygen atoms in total. The van der Waals surface area contributed by atoms with Crippen LogP contribution in [0.2, 0.25) is 0 Å². The summed E-state index contributed by atoms with van der Waals surface area (Å²) in [6.07, 6.45) is 0. The van der Waals surface area contributed by atoms with Gasteiger partial charge in [-0.15, -0.1) is 0 Å². The Bertz CT molecular complexity index is 75.7. The number of hydrogen-bond acceptors (Lipinski definition) is 2. The van der Waals surface area contributed by atoms with E-state index in [9.17, 15) is 8.42 Å². The van der Waals surface area contributed by atoms with Crippen LogP contribution >= 0.6 is 0 Å². The molecule has 0 aromatic heterocycles. The molecule has 0 aliphatic heterocycles. The standard InChI is InChI=1S/H2O4S2.Zn/c1-5(2)6(3)4;/h(H,1,2)(H,3,4);. The van der Waals surface area contributed by atoms with E-state index < -0.39 is 20.2 Å². The molecule has 0 fully saturated rings. The molecular weight excluding hydrogens is 194 g/mol. The molecule has 2 unspecified atom stereocenters. The summed E-state index contributed by atoms with van der Waals surface area (Å²) < 4.78 is 33.6. The Morgan fingerprint density at radius 1 is 1.00 bits per heavy atom. The first-order valence-electron chi connectivity index (χ1n) is 0.865. The Morgan fingerprint density at radius 2 is 1.14 bits per heavy atom. The minimum Gasteiger partial charge on any atom is -0.294 e. The van der Waals surface area contributed by atoms with Crippen molar-refractivity contribution in [1.82, 2.24) is 0 Å². The van der Waals surface area contributed by atoms with Gasteiger partial charge in [0.1, 0.15) is 0 Å². The first kappa shape index (κ1) is 10.8. The molecule has 7 heavy (non-hydrogen) atoms. The van der Waals surface area contributed by atoms with Crippen LogP contribution in [0.1, 0.15) is 0 Å². The average molecular weight is 196 g/mol. The molecular formula is H2O4S2Zn.